The van der Waals surface area contributed by atoms with Crippen molar-refractivity contribution in [2.45, 2.75) is 12.8 Å². The van der Waals surface area contributed by atoms with E-state index in [9.17, 15) is 9.59 Å². The minimum Gasteiger partial charge on any atom is -0.469 e. The highest BCUT2D eigenvalue weighted by molar-refractivity contribution is 5.78. The van der Waals surface area contributed by atoms with Crippen LogP contribution < -0.4 is 5.32 Å². The highest BCUT2D eigenvalue weighted by Crippen LogP contribution is 2.17. The number of amides is 1. The average Bonchev–Trinajstić information content (AvgIpc) is 2.35. The van der Waals surface area contributed by atoms with Crippen molar-refractivity contribution >= 4 is 11.9 Å². The number of methoxy groups -OCH3 is 1. The van der Waals surface area contributed by atoms with E-state index < -0.39 is 0 Å². The third kappa shape index (κ3) is 4.41. The van der Waals surface area contributed by atoms with Crippen LogP contribution in [0, 0.1) is 17.2 Å². The highest BCUT2D eigenvalue weighted by atomic mass is 16.5. The number of nitriles is 1. The molecule has 17 heavy (non-hydrogen) atoms. The number of rotatable bonds is 4. The monoisotopic (exact) mass is 239 g/mol. The summed E-state index contributed by atoms with van der Waals surface area (Å²) in [4.78, 5) is 24.7. The quantitative estimate of drug-likeness (QED) is 0.529. The Labute approximate surface area is 101 Å². The smallest absolute Gasteiger partial charge is 0.309 e. The van der Waals surface area contributed by atoms with Crippen LogP contribution in [0.2, 0.25) is 0 Å². The van der Waals surface area contributed by atoms with Gasteiger partial charge in [0.2, 0.25) is 5.91 Å². The molecule has 1 amide bonds. The standard InChI is InChI=1S/C11H17N3O3/c1-17-11(16)9-3-2-6-14(7-9)8-10(15)13-5-4-12/h9H,2-3,5-8H2,1H3,(H,13,15). The minimum atomic E-state index is -0.216. The van der Waals surface area contributed by atoms with Crippen molar-refractivity contribution in [1.29, 1.82) is 5.26 Å². The van der Waals surface area contributed by atoms with Gasteiger partial charge in [0.15, 0.2) is 0 Å². The summed E-state index contributed by atoms with van der Waals surface area (Å²) in [6, 6.07) is 1.85. The molecule has 1 aliphatic rings. The largest absolute Gasteiger partial charge is 0.469 e. The molecule has 1 fully saturated rings. The van der Waals surface area contributed by atoms with Gasteiger partial charge in [0.05, 0.1) is 25.6 Å². The molecular weight excluding hydrogens is 222 g/mol. The second-order valence-corrected chi connectivity index (χ2v) is 4.03. The van der Waals surface area contributed by atoms with Crippen LogP contribution in [0.5, 0.6) is 0 Å². The number of carbonyl (C=O) groups is 2. The molecule has 0 aromatic carbocycles. The zero-order valence-electron chi connectivity index (χ0n) is 9.94. The lowest BCUT2D eigenvalue weighted by molar-refractivity contribution is -0.147. The van der Waals surface area contributed by atoms with Crippen LogP contribution in [-0.2, 0) is 14.3 Å². The molecule has 0 bridgehead atoms. The Kier molecular flexibility index (Phi) is 5.43. The molecule has 0 radical (unpaired) electrons. The molecule has 1 saturated heterocycles. The molecule has 6 heteroatoms. The van der Waals surface area contributed by atoms with Crippen LogP contribution in [0.1, 0.15) is 12.8 Å². The van der Waals surface area contributed by atoms with Gasteiger partial charge >= 0.3 is 5.97 Å². The Morgan fingerprint density at radius 2 is 2.35 bits per heavy atom. The van der Waals surface area contributed by atoms with Crippen LogP contribution >= 0.6 is 0 Å². The number of nitrogens with one attached hydrogen (secondary N) is 1. The van der Waals surface area contributed by atoms with E-state index in [-0.39, 0.29) is 30.9 Å². The Morgan fingerprint density at radius 1 is 1.59 bits per heavy atom. The first-order valence-corrected chi connectivity index (χ1v) is 5.61. The molecule has 94 valence electrons. The maximum absolute atomic E-state index is 11.4. The predicted octanol–water partition coefficient (Wildman–Crippen LogP) is -0.489. The predicted molar refractivity (Wildman–Crippen MR) is 59.8 cm³/mol. The van der Waals surface area contributed by atoms with E-state index >= 15 is 0 Å². The van der Waals surface area contributed by atoms with E-state index in [2.05, 4.69) is 5.32 Å². The van der Waals surface area contributed by atoms with E-state index in [1.54, 1.807) is 0 Å². The summed E-state index contributed by atoms with van der Waals surface area (Å²) in [5.74, 6) is -0.540. The van der Waals surface area contributed by atoms with Crippen molar-refractivity contribution in [2.75, 3.05) is 33.3 Å². The summed E-state index contributed by atoms with van der Waals surface area (Å²) in [7, 11) is 1.38. The average molecular weight is 239 g/mol. The molecule has 1 aliphatic heterocycles. The van der Waals surface area contributed by atoms with Gasteiger partial charge in [0, 0.05) is 6.54 Å². The maximum atomic E-state index is 11.4. The molecule has 0 saturated carbocycles. The van der Waals surface area contributed by atoms with Gasteiger partial charge in [-0.15, -0.1) is 0 Å². The number of ether oxygens (including phenoxy) is 1. The van der Waals surface area contributed by atoms with Gasteiger partial charge in [0.1, 0.15) is 6.54 Å². The lowest BCUT2D eigenvalue weighted by Crippen LogP contribution is -2.44. The molecule has 0 spiro atoms. The fourth-order valence-electron chi connectivity index (χ4n) is 1.96. The topological polar surface area (TPSA) is 82.4 Å². The summed E-state index contributed by atoms with van der Waals surface area (Å²) in [5, 5.41) is 10.8. The van der Waals surface area contributed by atoms with Gasteiger partial charge in [-0.2, -0.15) is 5.26 Å². The summed E-state index contributed by atoms with van der Waals surface area (Å²) >= 11 is 0. The number of hydrogen-bond donors (Lipinski definition) is 1. The van der Waals surface area contributed by atoms with Gasteiger partial charge < -0.3 is 10.1 Å². The van der Waals surface area contributed by atoms with Crippen LogP contribution in [0.4, 0.5) is 0 Å². The summed E-state index contributed by atoms with van der Waals surface area (Å²) in [5.41, 5.74) is 0. The highest BCUT2D eigenvalue weighted by Gasteiger charge is 2.27. The van der Waals surface area contributed by atoms with Crippen molar-refractivity contribution < 1.29 is 14.3 Å². The zero-order valence-corrected chi connectivity index (χ0v) is 9.94. The van der Waals surface area contributed by atoms with Gasteiger partial charge in [-0.1, -0.05) is 0 Å². The molecular formula is C11H17N3O3. The number of nitrogens with zero attached hydrogens (tertiary/aromatic N) is 2. The van der Waals surface area contributed by atoms with Gasteiger partial charge in [-0.05, 0) is 19.4 Å². The zero-order chi connectivity index (χ0) is 12.7. The van der Waals surface area contributed by atoms with Crippen LogP contribution in [-0.4, -0.2) is 50.1 Å². The van der Waals surface area contributed by atoms with Crippen molar-refractivity contribution in [1.82, 2.24) is 10.2 Å². The fourth-order valence-corrected chi connectivity index (χ4v) is 1.96. The second kappa shape index (κ2) is 6.86. The summed E-state index contributed by atoms with van der Waals surface area (Å²) in [6.07, 6.45) is 1.69. The second-order valence-electron chi connectivity index (χ2n) is 4.03. The Bertz CT molecular complexity index is 324. The van der Waals surface area contributed by atoms with E-state index in [1.165, 1.54) is 7.11 Å². The lowest BCUT2D eigenvalue weighted by atomic mass is 9.98. The number of carbonyl (C=O) groups excluding carboxylic acids is 2. The summed E-state index contributed by atoms with van der Waals surface area (Å²) in [6.45, 7) is 1.60. The van der Waals surface area contributed by atoms with Crippen molar-refractivity contribution in [3.8, 4) is 6.07 Å². The molecule has 1 rings (SSSR count). The van der Waals surface area contributed by atoms with E-state index in [0.29, 0.717) is 6.54 Å². The number of likely N-dealkylation sites (tertiary alicyclic amines) is 1. The molecule has 0 aromatic heterocycles. The first-order valence-electron chi connectivity index (χ1n) is 5.61. The number of piperidine rings is 1. The normalized spacial score (nSPS) is 20.4. The van der Waals surface area contributed by atoms with Crippen LogP contribution in [0.3, 0.4) is 0 Å². The van der Waals surface area contributed by atoms with Gasteiger partial charge in [-0.3, -0.25) is 14.5 Å². The van der Waals surface area contributed by atoms with E-state index in [0.717, 1.165) is 19.4 Å². The van der Waals surface area contributed by atoms with E-state index in [1.807, 2.05) is 11.0 Å². The Balaban J connectivity index is 2.37. The van der Waals surface area contributed by atoms with Gasteiger partial charge in [-0.25, -0.2) is 0 Å². The van der Waals surface area contributed by atoms with E-state index in [4.69, 9.17) is 10.00 Å². The first-order chi connectivity index (χ1) is 8.17. The molecule has 6 nitrogen and oxygen atoms in total. The molecule has 1 unspecified atom stereocenters. The molecule has 0 aromatic rings. The third-order valence-electron chi connectivity index (χ3n) is 2.77. The Hall–Kier alpha value is -1.61. The first kappa shape index (κ1) is 13.5. The fraction of sp³-hybridized carbons (Fsp3) is 0.727. The van der Waals surface area contributed by atoms with Crippen molar-refractivity contribution in [3.05, 3.63) is 0 Å². The molecule has 1 heterocycles. The maximum Gasteiger partial charge on any atom is 0.309 e. The van der Waals surface area contributed by atoms with Crippen molar-refractivity contribution in [2.24, 2.45) is 5.92 Å². The molecule has 1 N–H and O–H groups in total. The number of hydrogen-bond acceptors (Lipinski definition) is 5. The summed E-state index contributed by atoms with van der Waals surface area (Å²) < 4.78 is 4.70. The lowest BCUT2D eigenvalue weighted by Gasteiger charge is -2.30. The molecule has 1 atom stereocenters. The van der Waals surface area contributed by atoms with Crippen molar-refractivity contribution in [3.63, 3.8) is 0 Å². The SMILES string of the molecule is COC(=O)C1CCCN(CC(=O)NCC#N)C1. The Morgan fingerprint density at radius 3 is 3.00 bits per heavy atom. The third-order valence-corrected chi connectivity index (χ3v) is 2.77. The van der Waals surface area contributed by atoms with Crippen LogP contribution in [0.25, 0.3) is 0 Å². The minimum absolute atomic E-state index is 0.0209. The number of esters is 1. The van der Waals surface area contributed by atoms with Gasteiger partial charge in [0.25, 0.3) is 0 Å². The molecule has 0 aliphatic carbocycles. The van der Waals surface area contributed by atoms with Crippen LogP contribution in [0.15, 0.2) is 0 Å².